The highest BCUT2D eigenvalue weighted by atomic mass is 127. The van der Waals surface area contributed by atoms with Crippen LogP contribution in [0.25, 0.3) is 0 Å². The second-order valence-electron chi connectivity index (χ2n) is 5.27. The van der Waals surface area contributed by atoms with Crippen molar-refractivity contribution in [3.63, 3.8) is 0 Å². The molecule has 1 aliphatic rings. The van der Waals surface area contributed by atoms with Gasteiger partial charge in [-0.2, -0.15) is 0 Å². The monoisotopic (exact) mass is 403 g/mol. The summed E-state index contributed by atoms with van der Waals surface area (Å²) in [6.07, 6.45) is 3.91. The van der Waals surface area contributed by atoms with Gasteiger partial charge in [0.1, 0.15) is 0 Å². The predicted octanol–water partition coefficient (Wildman–Crippen LogP) is 1.49. The molecule has 21 heavy (non-hydrogen) atoms. The third-order valence-corrected chi connectivity index (χ3v) is 3.75. The van der Waals surface area contributed by atoms with E-state index >= 15 is 0 Å². The van der Waals surface area contributed by atoms with Gasteiger partial charge in [0, 0.05) is 37.9 Å². The Morgan fingerprint density at radius 1 is 1.52 bits per heavy atom. The summed E-state index contributed by atoms with van der Waals surface area (Å²) in [6.45, 7) is 7.30. The number of nitrogens with one attached hydrogen (secondary N) is 1. The number of halogens is 1. The molecule has 1 unspecified atom stereocenters. The minimum absolute atomic E-state index is 0. The first kappa shape index (κ1) is 18.2. The largest absolute Gasteiger partial charge is 0.370 e. The molecule has 0 spiro atoms. The van der Waals surface area contributed by atoms with Crippen LogP contribution in [0, 0.1) is 5.92 Å². The van der Waals surface area contributed by atoms with Crippen LogP contribution in [-0.2, 0) is 6.42 Å². The molecule has 5 nitrogen and oxygen atoms in total. The molecular formula is C15H26IN5. The van der Waals surface area contributed by atoms with E-state index in [9.17, 15) is 0 Å². The number of guanidine groups is 1. The lowest BCUT2D eigenvalue weighted by Crippen LogP contribution is -2.34. The van der Waals surface area contributed by atoms with Crippen molar-refractivity contribution in [1.82, 2.24) is 15.2 Å². The Morgan fingerprint density at radius 3 is 3.05 bits per heavy atom. The number of aromatic nitrogens is 1. The second-order valence-corrected chi connectivity index (χ2v) is 5.27. The maximum absolute atomic E-state index is 5.89. The average molecular weight is 403 g/mol. The van der Waals surface area contributed by atoms with Gasteiger partial charge in [-0.15, -0.1) is 24.0 Å². The molecule has 3 N–H and O–H groups in total. The predicted molar refractivity (Wildman–Crippen MR) is 98.1 cm³/mol. The first-order chi connectivity index (χ1) is 9.78. The SMILES string of the molecule is CCN1CCC(CN=C(N)NCCc2ccccn2)C1.I. The first-order valence-electron chi connectivity index (χ1n) is 7.44. The third kappa shape index (κ3) is 6.60. The molecule has 1 atom stereocenters. The van der Waals surface area contributed by atoms with Crippen molar-refractivity contribution < 1.29 is 0 Å². The van der Waals surface area contributed by atoms with E-state index in [-0.39, 0.29) is 24.0 Å². The molecule has 118 valence electrons. The smallest absolute Gasteiger partial charge is 0.188 e. The number of aliphatic imine (C=N–C) groups is 1. The van der Waals surface area contributed by atoms with Crippen LogP contribution in [0.3, 0.4) is 0 Å². The fourth-order valence-electron chi connectivity index (χ4n) is 2.50. The molecule has 1 fully saturated rings. The summed E-state index contributed by atoms with van der Waals surface area (Å²) in [5.41, 5.74) is 6.96. The molecule has 0 amide bonds. The normalized spacial score (nSPS) is 19.3. The van der Waals surface area contributed by atoms with Crippen molar-refractivity contribution in [3.8, 4) is 0 Å². The highest BCUT2D eigenvalue weighted by Gasteiger charge is 2.20. The average Bonchev–Trinajstić information content (AvgIpc) is 2.94. The Bertz CT molecular complexity index is 423. The van der Waals surface area contributed by atoms with Gasteiger partial charge in [-0.05, 0) is 37.6 Å². The Morgan fingerprint density at radius 2 is 2.38 bits per heavy atom. The van der Waals surface area contributed by atoms with E-state index < -0.39 is 0 Å². The fourth-order valence-corrected chi connectivity index (χ4v) is 2.50. The van der Waals surface area contributed by atoms with Gasteiger partial charge in [-0.1, -0.05) is 13.0 Å². The van der Waals surface area contributed by atoms with Crippen LogP contribution in [-0.4, -0.2) is 48.6 Å². The zero-order valence-electron chi connectivity index (χ0n) is 12.7. The van der Waals surface area contributed by atoms with Gasteiger partial charge >= 0.3 is 0 Å². The highest BCUT2D eigenvalue weighted by Crippen LogP contribution is 2.15. The van der Waals surface area contributed by atoms with Crippen molar-refractivity contribution in [2.24, 2.45) is 16.6 Å². The summed E-state index contributed by atoms with van der Waals surface area (Å²) in [5.74, 6) is 1.21. The summed E-state index contributed by atoms with van der Waals surface area (Å²) < 4.78 is 0. The van der Waals surface area contributed by atoms with Crippen LogP contribution in [0.4, 0.5) is 0 Å². The number of hydrogen-bond donors (Lipinski definition) is 2. The number of likely N-dealkylation sites (tertiary alicyclic amines) is 1. The van der Waals surface area contributed by atoms with Gasteiger partial charge in [0.2, 0.25) is 0 Å². The van der Waals surface area contributed by atoms with Gasteiger partial charge in [0.25, 0.3) is 0 Å². The Hall–Kier alpha value is -0.890. The number of nitrogens with two attached hydrogens (primary N) is 1. The fraction of sp³-hybridized carbons (Fsp3) is 0.600. The minimum atomic E-state index is 0. The second kappa shape index (κ2) is 9.94. The molecule has 2 heterocycles. The Labute approximate surface area is 144 Å². The lowest BCUT2D eigenvalue weighted by Gasteiger charge is -2.12. The van der Waals surface area contributed by atoms with Crippen LogP contribution in [0.1, 0.15) is 19.0 Å². The van der Waals surface area contributed by atoms with Gasteiger partial charge in [0.05, 0.1) is 0 Å². The van der Waals surface area contributed by atoms with Crippen LogP contribution >= 0.6 is 24.0 Å². The van der Waals surface area contributed by atoms with E-state index in [0.29, 0.717) is 11.9 Å². The number of hydrogen-bond acceptors (Lipinski definition) is 3. The lowest BCUT2D eigenvalue weighted by molar-refractivity contribution is 0.343. The Balaban J connectivity index is 0.00000220. The zero-order chi connectivity index (χ0) is 14.2. The first-order valence-corrected chi connectivity index (χ1v) is 7.44. The maximum atomic E-state index is 5.89. The summed E-state index contributed by atoms with van der Waals surface area (Å²) in [5, 5.41) is 3.15. The Kier molecular flexibility index (Phi) is 8.60. The van der Waals surface area contributed by atoms with Crippen LogP contribution < -0.4 is 11.1 Å². The summed E-state index contributed by atoms with van der Waals surface area (Å²) in [4.78, 5) is 11.2. The summed E-state index contributed by atoms with van der Waals surface area (Å²) in [7, 11) is 0. The molecule has 0 saturated carbocycles. The topological polar surface area (TPSA) is 66.5 Å². The van der Waals surface area contributed by atoms with Crippen molar-refractivity contribution in [2.75, 3.05) is 32.7 Å². The number of rotatable bonds is 6. The molecule has 1 aromatic rings. The highest BCUT2D eigenvalue weighted by molar-refractivity contribution is 14.0. The molecule has 0 radical (unpaired) electrons. The van der Waals surface area contributed by atoms with Crippen molar-refractivity contribution in [2.45, 2.75) is 19.8 Å². The molecule has 6 heteroatoms. The van der Waals surface area contributed by atoms with Gasteiger partial charge in [-0.3, -0.25) is 9.98 Å². The quantitative estimate of drug-likeness (QED) is 0.429. The van der Waals surface area contributed by atoms with Gasteiger partial charge < -0.3 is 16.0 Å². The van der Waals surface area contributed by atoms with E-state index in [0.717, 1.165) is 38.3 Å². The standard InChI is InChI=1S/C15H25N5.HI/c1-2-20-10-7-13(12-20)11-19-15(16)18-9-6-14-5-3-4-8-17-14;/h3-5,8,13H,2,6-7,9-12H2,1H3,(H3,16,18,19);1H. The van der Waals surface area contributed by atoms with Crippen molar-refractivity contribution >= 4 is 29.9 Å². The molecule has 1 aliphatic heterocycles. The van der Waals surface area contributed by atoms with Crippen LogP contribution in [0.5, 0.6) is 0 Å². The molecule has 2 rings (SSSR count). The van der Waals surface area contributed by atoms with E-state index in [4.69, 9.17) is 5.73 Å². The van der Waals surface area contributed by atoms with E-state index in [1.165, 1.54) is 13.0 Å². The molecule has 1 aromatic heterocycles. The van der Waals surface area contributed by atoms with E-state index in [1.807, 2.05) is 24.4 Å². The van der Waals surface area contributed by atoms with Crippen LogP contribution in [0.2, 0.25) is 0 Å². The maximum Gasteiger partial charge on any atom is 0.188 e. The van der Waals surface area contributed by atoms with Crippen molar-refractivity contribution in [1.29, 1.82) is 0 Å². The minimum Gasteiger partial charge on any atom is -0.370 e. The zero-order valence-corrected chi connectivity index (χ0v) is 15.0. The molecular weight excluding hydrogens is 377 g/mol. The summed E-state index contributed by atoms with van der Waals surface area (Å²) in [6, 6.07) is 5.94. The lowest BCUT2D eigenvalue weighted by atomic mass is 10.1. The molecule has 1 saturated heterocycles. The summed E-state index contributed by atoms with van der Waals surface area (Å²) >= 11 is 0. The van der Waals surface area contributed by atoms with Gasteiger partial charge in [-0.25, -0.2) is 0 Å². The molecule has 0 bridgehead atoms. The number of nitrogens with zero attached hydrogens (tertiary/aromatic N) is 3. The van der Waals surface area contributed by atoms with E-state index in [1.54, 1.807) is 0 Å². The van der Waals surface area contributed by atoms with Crippen LogP contribution in [0.15, 0.2) is 29.4 Å². The number of pyridine rings is 1. The third-order valence-electron chi connectivity index (χ3n) is 3.75. The molecule has 0 aromatic carbocycles. The van der Waals surface area contributed by atoms with Crippen molar-refractivity contribution in [3.05, 3.63) is 30.1 Å². The van der Waals surface area contributed by atoms with Gasteiger partial charge in [0.15, 0.2) is 5.96 Å². The molecule has 0 aliphatic carbocycles. The van der Waals surface area contributed by atoms with E-state index in [2.05, 4.69) is 27.1 Å².